The molecule has 20 heavy (non-hydrogen) atoms. The number of nitrogens with one attached hydrogen (secondary N) is 1. The van der Waals surface area contributed by atoms with Gasteiger partial charge >= 0.3 is 0 Å². The molecule has 1 atom stereocenters. The highest BCUT2D eigenvalue weighted by Gasteiger charge is 2.23. The minimum atomic E-state index is 0.423. The van der Waals surface area contributed by atoms with Crippen molar-refractivity contribution in [1.82, 2.24) is 5.32 Å². The molecule has 1 aromatic carbocycles. The fourth-order valence-electron chi connectivity index (χ4n) is 2.53. The van der Waals surface area contributed by atoms with Crippen LogP contribution < -0.4 is 5.32 Å². The van der Waals surface area contributed by atoms with E-state index >= 15 is 0 Å². The zero-order chi connectivity index (χ0) is 14.6. The normalized spacial score (nSPS) is 17.2. The van der Waals surface area contributed by atoms with Gasteiger partial charge in [-0.1, -0.05) is 44.5 Å². The topological polar surface area (TPSA) is 12.0 Å². The lowest BCUT2D eigenvalue weighted by molar-refractivity contribution is 0.313. The third-order valence-corrected chi connectivity index (χ3v) is 4.22. The molecule has 0 aromatic heterocycles. The van der Waals surface area contributed by atoms with Gasteiger partial charge in [-0.05, 0) is 67.7 Å². The van der Waals surface area contributed by atoms with E-state index < -0.39 is 0 Å². The quantitative estimate of drug-likeness (QED) is 0.739. The molecule has 1 saturated carbocycles. The molecule has 1 nitrogen and oxygen atoms in total. The molecule has 0 heterocycles. The van der Waals surface area contributed by atoms with Crippen LogP contribution in [-0.4, -0.2) is 12.6 Å². The number of benzene rings is 1. The first-order valence-electron chi connectivity index (χ1n) is 7.90. The monoisotopic (exact) mass is 293 g/mol. The summed E-state index contributed by atoms with van der Waals surface area (Å²) in [4.78, 5) is 0. The van der Waals surface area contributed by atoms with Gasteiger partial charge in [-0.3, -0.25) is 0 Å². The Labute approximate surface area is 129 Å². The summed E-state index contributed by atoms with van der Waals surface area (Å²) in [5.41, 5.74) is 1.79. The molecule has 1 aliphatic carbocycles. The van der Waals surface area contributed by atoms with Crippen LogP contribution in [0.5, 0.6) is 0 Å². The second-order valence-corrected chi connectivity index (χ2v) is 7.92. The molecule has 1 aromatic rings. The summed E-state index contributed by atoms with van der Waals surface area (Å²) in [5.74, 6) is 0.716. The van der Waals surface area contributed by atoms with Gasteiger partial charge in [0.1, 0.15) is 0 Å². The molecule has 1 unspecified atom stereocenters. The van der Waals surface area contributed by atoms with Crippen LogP contribution in [0.1, 0.15) is 52.0 Å². The van der Waals surface area contributed by atoms with E-state index in [1.54, 1.807) is 0 Å². The maximum atomic E-state index is 6.10. The van der Waals surface area contributed by atoms with Crippen LogP contribution in [0.3, 0.4) is 0 Å². The highest BCUT2D eigenvalue weighted by molar-refractivity contribution is 6.30. The van der Waals surface area contributed by atoms with Crippen LogP contribution in [0, 0.1) is 11.3 Å². The summed E-state index contributed by atoms with van der Waals surface area (Å²) < 4.78 is 0. The third kappa shape index (κ3) is 6.28. The molecule has 0 radical (unpaired) electrons. The Morgan fingerprint density at radius 2 is 2.05 bits per heavy atom. The molecule has 112 valence electrons. The van der Waals surface area contributed by atoms with E-state index in [-0.39, 0.29) is 0 Å². The molecular weight excluding hydrogens is 266 g/mol. The summed E-state index contributed by atoms with van der Waals surface area (Å²) in [6.07, 6.45) is 6.43. The molecule has 1 fully saturated rings. The van der Waals surface area contributed by atoms with Crippen LogP contribution in [0.25, 0.3) is 0 Å². The first-order chi connectivity index (χ1) is 9.42. The average molecular weight is 294 g/mol. The second-order valence-electron chi connectivity index (χ2n) is 7.48. The Hall–Kier alpha value is -0.530. The number of rotatable bonds is 7. The van der Waals surface area contributed by atoms with Crippen molar-refractivity contribution in [2.45, 2.75) is 58.9 Å². The third-order valence-electron chi connectivity index (χ3n) is 3.99. The van der Waals surface area contributed by atoms with Gasteiger partial charge in [0.2, 0.25) is 0 Å². The highest BCUT2D eigenvalue weighted by atomic mass is 35.5. The van der Waals surface area contributed by atoms with Crippen molar-refractivity contribution in [2.24, 2.45) is 11.3 Å². The van der Waals surface area contributed by atoms with Crippen LogP contribution in [0.4, 0.5) is 0 Å². The molecule has 0 spiro atoms. The van der Waals surface area contributed by atoms with Crippen molar-refractivity contribution >= 4 is 11.6 Å². The fraction of sp³-hybridized carbons (Fsp3) is 0.667. The maximum absolute atomic E-state index is 6.10. The number of hydrogen-bond acceptors (Lipinski definition) is 1. The van der Waals surface area contributed by atoms with E-state index in [4.69, 9.17) is 11.6 Å². The van der Waals surface area contributed by atoms with Gasteiger partial charge in [-0.25, -0.2) is 0 Å². The summed E-state index contributed by atoms with van der Waals surface area (Å²) in [6.45, 7) is 8.14. The van der Waals surface area contributed by atoms with Gasteiger partial charge in [0.25, 0.3) is 0 Å². The predicted octanol–water partition coefficient (Wildman–Crippen LogP) is 5.08. The lowest BCUT2D eigenvalue weighted by Crippen LogP contribution is -2.27. The Balaban J connectivity index is 1.89. The predicted molar refractivity (Wildman–Crippen MR) is 88.4 cm³/mol. The van der Waals surface area contributed by atoms with Crippen LogP contribution in [0.15, 0.2) is 24.3 Å². The standard InChI is InChI=1S/C18H28ClN/c1-18(2,3)10-9-15(13-20-17-7-8-17)11-14-5-4-6-16(19)12-14/h4-6,12,15,17,20H,7-11,13H2,1-3H3. The zero-order valence-corrected chi connectivity index (χ0v) is 13.8. The van der Waals surface area contributed by atoms with E-state index in [9.17, 15) is 0 Å². The largest absolute Gasteiger partial charge is 0.314 e. The lowest BCUT2D eigenvalue weighted by atomic mass is 9.84. The van der Waals surface area contributed by atoms with Crippen molar-refractivity contribution in [3.8, 4) is 0 Å². The first kappa shape index (κ1) is 15.9. The molecule has 0 saturated heterocycles. The molecular formula is C18H28ClN. The SMILES string of the molecule is CC(C)(C)CCC(CNC1CC1)Cc1cccc(Cl)c1. The van der Waals surface area contributed by atoms with E-state index in [0.29, 0.717) is 11.3 Å². The molecule has 0 bridgehead atoms. The van der Waals surface area contributed by atoms with Crippen LogP contribution in [0.2, 0.25) is 5.02 Å². The van der Waals surface area contributed by atoms with Crippen molar-refractivity contribution in [1.29, 1.82) is 0 Å². The number of halogens is 1. The first-order valence-corrected chi connectivity index (χ1v) is 8.28. The summed E-state index contributed by atoms with van der Waals surface area (Å²) in [5, 5.41) is 4.55. The Morgan fingerprint density at radius 1 is 1.30 bits per heavy atom. The van der Waals surface area contributed by atoms with Crippen molar-refractivity contribution in [3.05, 3.63) is 34.9 Å². The molecule has 1 N–H and O–H groups in total. The molecule has 1 aliphatic rings. The Morgan fingerprint density at radius 3 is 2.65 bits per heavy atom. The Bertz CT molecular complexity index is 418. The summed E-state index contributed by atoms with van der Waals surface area (Å²) in [7, 11) is 0. The fourth-order valence-corrected chi connectivity index (χ4v) is 2.74. The smallest absolute Gasteiger partial charge is 0.0408 e. The van der Waals surface area contributed by atoms with Crippen LogP contribution in [-0.2, 0) is 6.42 Å². The van der Waals surface area contributed by atoms with Gasteiger partial charge in [-0.15, -0.1) is 0 Å². The van der Waals surface area contributed by atoms with Crippen molar-refractivity contribution < 1.29 is 0 Å². The van der Waals surface area contributed by atoms with Gasteiger partial charge in [0.05, 0.1) is 0 Å². The minimum absolute atomic E-state index is 0.423. The van der Waals surface area contributed by atoms with E-state index in [2.05, 4.69) is 44.3 Å². The van der Waals surface area contributed by atoms with E-state index in [1.807, 2.05) is 6.07 Å². The molecule has 0 aliphatic heterocycles. The second kappa shape index (κ2) is 6.95. The minimum Gasteiger partial charge on any atom is -0.314 e. The van der Waals surface area contributed by atoms with E-state index in [0.717, 1.165) is 24.0 Å². The van der Waals surface area contributed by atoms with Crippen molar-refractivity contribution in [3.63, 3.8) is 0 Å². The number of hydrogen-bond donors (Lipinski definition) is 1. The molecule has 2 rings (SSSR count). The van der Waals surface area contributed by atoms with Gasteiger partial charge in [0.15, 0.2) is 0 Å². The molecule has 0 amide bonds. The average Bonchev–Trinajstić information content (AvgIpc) is 3.15. The lowest BCUT2D eigenvalue weighted by Gasteiger charge is -2.24. The summed E-state index contributed by atoms with van der Waals surface area (Å²) in [6, 6.07) is 9.13. The molecule has 2 heteroatoms. The Kier molecular flexibility index (Phi) is 5.51. The maximum Gasteiger partial charge on any atom is 0.0408 e. The van der Waals surface area contributed by atoms with Gasteiger partial charge in [-0.2, -0.15) is 0 Å². The van der Waals surface area contributed by atoms with E-state index in [1.165, 1.54) is 31.2 Å². The summed E-state index contributed by atoms with van der Waals surface area (Å²) >= 11 is 6.10. The van der Waals surface area contributed by atoms with Gasteiger partial charge < -0.3 is 5.32 Å². The highest BCUT2D eigenvalue weighted by Crippen LogP contribution is 2.27. The van der Waals surface area contributed by atoms with Gasteiger partial charge in [0, 0.05) is 11.1 Å². The zero-order valence-electron chi connectivity index (χ0n) is 13.1. The van der Waals surface area contributed by atoms with Crippen LogP contribution >= 0.6 is 11.6 Å². The van der Waals surface area contributed by atoms with Crippen molar-refractivity contribution in [2.75, 3.05) is 6.54 Å².